The number of nitrogens with two attached hydrogens (primary N) is 2. The number of aromatic nitrogens is 2. The number of carbonyl (C=O) groups is 3. The van der Waals surface area contributed by atoms with Crippen LogP contribution in [-0.2, 0) is 4.79 Å². The maximum absolute atomic E-state index is 14.3. The van der Waals surface area contributed by atoms with E-state index in [0.29, 0.717) is 17.7 Å². The quantitative estimate of drug-likeness (QED) is 0.230. The van der Waals surface area contributed by atoms with Crippen molar-refractivity contribution in [3.63, 3.8) is 0 Å². The van der Waals surface area contributed by atoms with Crippen molar-refractivity contribution in [3.05, 3.63) is 76.4 Å². The van der Waals surface area contributed by atoms with Crippen LogP contribution in [0, 0.1) is 0 Å². The molecule has 0 radical (unpaired) electrons. The molecule has 2 heterocycles. The van der Waals surface area contributed by atoms with E-state index in [-0.39, 0.29) is 28.1 Å². The first-order valence-corrected chi connectivity index (χ1v) is 13.6. The third kappa shape index (κ3) is 5.51. The molecule has 39 heavy (non-hydrogen) atoms. The van der Waals surface area contributed by atoms with Gasteiger partial charge in [-0.15, -0.1) is 0 Å². The predicted molar refractivity (Wildman–Crippen MR) is 156 cm³/mol. The molecular weight excluding hydrogens is 512 g/mol. The van der Waals surface area contributed by atoms with Crippen LogP contribution in [0.2, 0.25) is 0 Å². The van der Waals surface area contributed by atoms with E-state index >= 15 is 0 Å². The number of fused-ring (bicyclic) bond motifs is 1. The SMILES string of the molecule is CCC(C)(C)NC(=O)[C@@H](c1c[nH]c2ccccc12)N(C(=O)c1snc(C(N)=O)c1N)c1ccc(C(C)C)cc1. The van der Waals surface area contributed by atoms with Gasteiger partial charge in [0.2, 0.25) is 5.91 Å². The summed E-state index contributed by atoms with van der Waals surface area (Å²) in [5, 5.41) is 3.92. The zero-order valence-corrected chi connectivity index (χ0v) is 23.6. The molecule has 204 valence electrons. The highest BCUT2D eigenvalue weighted by atomic mass is 32.1. The second-order valence-electron chi connectivity index (χ2n) is 10.5. The zero-order valence-electron chi connectivity index (χ0n) is 22.7. The van der Waals surface area contributed by atoms with E-state index in [1.165, 1.54) is 4.90 Å². The van der Waals surface area contributed by atoms with E-state index in [0.717, 1.165) is 28.0 Å². The average molecular weight is 547 g/mol. The highest BCUT2D eigenvalue weighted by Gasteiger charge is 2.38. The van der Waals surface area contributed by atoms with Gasteiger partial charge in [-0.2, -0.15) is 4.37 Å². The molecule has 0 fully saturated rings. The van der Waals surface area contributed by atoms with Gasteiger partial charge in [-0.1, -0.05) is 51.1 Å². The summed E-state index contributed by atoms with van der Waals surface area (Å²) in [6, 6.07) is 14.0. The summed E-state index contributed by atoms with van der Waals surface area (Å²) in [5.41, 5.74) is 13.8. The number of carbonyl (C=O) groups excluding carboxylic acids is 3. The van der Waals surface area contributed by atoms with E-state index in [4.69, 9.17) is 11.5 Å². The summed E-state index contributed by atoms with van der Waals surface area (Å²) in [6.45, 7) is 10.0. The Hall–Kier alpha value is -4.18. The van der Waals surface area contributed by atoms with Gasteiger partial charge in [-0.3, -0.25) is 19.3 Å². The van der Waals surface area contributed by atoms with Crippen LogP contribution in [0.15, 0.2) is 54.7 Å². The van der Waals surface area contributed by atoms with Crippen LogP contribution in [0.3, 0.4) is 0 Å². The van der Waals surface area contributed by atoms with E-state index in [2.05, 4.69) is 28.5 Å². The molecule has 0 spiro atoms. The highest BCUT2D eigenvalue weighted by Crippen LogP contribution is 2.36. The Morgan fingerprint density at radius 3 is 2.36 bits per heavy atom. The number of rotatable bonds is 9. The van der Waals surface area contributed by atoms with Crippen molar-refractivity contribution in [1.82, 2.24) is 14.7 Å². The highest BCUT2D eigenvalue weighted by molar-refractivity contribution is 7.09. The maximum atomic E-state index is 14.3. The minimum Gasteiger partial charge on any atom is -0.395 e. The van der Waals surface area contributed by atoms with E-state index in [1.807, 2.05) is 69.3 Å². The van der Waals surface area contributed by atoms with Gasteiger partial charge in [0, 0.05) is 33.9 Å². The van der Waals surface area contributed by atoms with Crippen molar-refractivity contribution < 1.29 is 14.4 Å². The normalized spacial score (nSPS) is 12.5. The second-order valence-corrected chi connectivity index (χ2v) is 11.3. The lowest BCUT2D eigenvalue weighted by atomic mass is 9.97. The van der Waals surface area contributed by atoms with Crippen LogP contribution < -0.4 is 21.7 Å². The van der Waals surface area contributed by atoms with Gasteiger partial charge in [-0.05, 0) is 61.5 Å². The molecule has 0 aliphatic rings. The molecule has 6 N–H and O–H groups in total. The van der Waals surface area contributed by atoms with Crippen molar-refractivity contribution in [2.45, 2.75) is 58.5 Å². The molecule has 0 aliphatic heterocycles. The molecule has 4 aromatic rings. The fourth-order valence-electron chi connectivity index (χ4n) is 4.35. The van der Waals surface area contributed by atoms with Gasteiger partial charge in [0.15, 0.2) is 5.69 Å². The number of anilines is 2. The number of hydrogen-bond acceptors (Lipinski definition) is 6. The standard InChI is InChI=1S/C29H34N6O3S/c1-6-29(4,5)33-27(37)24(20-15-32-21-10-8-7-9-19(20)21)35(18-13-11-17(12-14-18)16(2)3)28(38)25-22(30)23(26(31)36)34-39-25/h7-16,24,32H,6,30H2,1-5H3,(H2,31,36)(H,33,37)/t24-/m1/s1. The summed E-state index contributed by atoms with van der Waals surface area (Å²) in [7, 11) is 0. The summed E-state index contributed by atoms with van der Waals surface area (Å²) in [4.78, 5) is 45.0. The van der Waals surface area contributed by atoms with E-state index < -0.39 is 23.4 Å². The Bertz CT molecular complexity index is 1520. The average Bonchev–Trinajstić information content (AvgIpc) is 3.50. The number of nitrogen functional groups attached to an aromatic ring is 1. The molecule has 0 aliphatic carbocycles. The molecule has 1 atom stereocenters. The summed E-state index contributed by atoms with van der Waals surface area (Å²) < 4.78 is 4.03. The number of benzene rings is 2. The van der Waals surface area contributed by atoms with Gasteiger partial charge in [-0.25, -0.2) is 0 Å². The fourth-order valence-corrected chi connectivity index (χ4v) is 5.09. The first-order chi connectivity index (χ1) is 18.4. The van der Waals surface area contributed by atoms with Gasteiger partial charge in [0.05, 0.1) is 5.69 Å². The third-order valence-electron chi connectivity index (χ3n) is 6.98. The maximum Gasteiger partial charge on any atom is 0.273 e. The van der Waals surface area contributed by atoms with E-state index in [1.54, 1.807) is 6.20 Å². The molecule has 2 aromatic carbocycles. The fraction of sp³-hybridized carbons (Fsp3) is 0.310. The Balaban J connectivity index is 1.96. The second kappa shape index (κ2) is 10.9. The number of H-pyrrole nitrogens is 1. The Morgan fingerprint density at radius 1 is 1.10 bits per heavy atom. The molecule has 0 saturated heterocycles. The van der Waals surface area contributed by atoms with E-state index in [9.17, 15) is 14.4 Å². The largest absolute Gasteiger partial charge is 0.395 e. The van der Waals surface area contributed by atoms with Crippen LogP contribution in [0.1, 0.15) is 84.3 Å². The van der Waals surface area contributed by atoms with Gasteiger partial charge in [0.1, 0.15) is 10.9 Å². The summed E-state index contributed by atoms with van der Waals surface area (Å²) in [5.74, 6) is -1.47. The smallest absolute Gasteiger partial charge is 0.273 e. The number of primary amides is 1. The Labute approximate surface area is 231 Å². The molecule has 10 heteroatoms. The molecule has 0 saturated carbocycles. The summed E-state index contributed by atoms with van der Waals surface area (Å²) >= 11 is 0.785. The third-order valence-corrected chi connectivity index (χ3v) is 7.83. The molecule has 2 aromatic heterocycles. The molecule has 3 amide bonds. The lowest BCUT2D eigenvalue weighted by Gasteiger charge is -2.34. The number of aromatic amines is 1. The number of amides is 3. The van der Waals surface area contributed by atoms with Crippen molar-refractivity contribution in [2.75, 3.05) is 10.6 Å². The first-order valence-electron chi connectivity index (χ1n) is 12.8. The lowest BCUT2D eigenvalue weighted by Crippen LogP contribution is -2.50. The number of para-hydroxylation sites is 1. The molecule has 9 nitrogen and oxygen atoms in total. The topological polar surface area (TPSA) is 147 Å². The van der Waals surface area contributed by atoms with Crippen LogP contribution in [-0.4, -0.2) is 32.6 Å². The van der Waals surface area contributed by atoms with Gasteiger partial charge >= 0.3 is 0 Å². The van der Waals surface area contributed by atoms with Crippen LogP contribution >= 0.6 is 11.5 Å². The minimum atomic E-state index is -1.07. The van der Waals surface area contributed by atoms with Crippen molar-refractivity contribution in [2.24, 2.45) is 5.73 Å². The number of nitrogens with one attached hydrogen (secondary N) is 2. The number of nitrogens with zero attached hydrogens (tertiary/aromatic N) is 2. The minimum absolute atomic E-state index is 0.0316. The summed E-state index contributed by atoms with van der Waals surface area (Å²) in [6.07, 6.45) is 2.43. The predicted octanol–water partition coefficient (Wildman–Crippen LogP) is 5.12. The molecule has 4 rings (SSSR count). The van der Waals surface area contributed by atoms with Crippen LogP contribution in [0.5, 0.6) is 0 Å². The van der Waals surface area contributed by atoms with Crippen molar-refractivity contribution >= 4 is 51.5 Å². The lowest BCUT2D eigenvalue weighted by molar-refractivity contribution is -0.124. The molecule has 0 unspecified atom stereocenters. The monoisotopic (exact) mass is 546 g/mol. The van der Waals surface area contributed by atoms with Crippen LogP contribution in [0.4, 0.5) is 11.4 Å². The van der Waals surface area contributed by atoms with Crippen molar-refractivity contribution in [1.29, 1.82) is 0 Å². The Morgan fingerprint density at radius 2 is 1.77 bits per heavy atom. The van der Waals surface area contributed by atoms with Crippen molar-refractivity contribution in [3.8, 4) is 0 Å². The van der Waals surface area contributed by atoms with Crippen LogP contribution in [0.25, 0.3) is 10.9 Å². The molecule has 0 bridgehead atoms. The van der Waals surface area contributed by atoms with Gasteiger partial charge < -0.3 is 21.8 Å². The van der Waals surface area contributed by atoms with Gasteiger partial charge in [0.25, 0.3) is 11.8 Å². The molecular formula is C29H34N6O3S. The zero-order chi connectivity index (χ0) is 28.5. The Kier molecular flexibility index (Phi) is 7.78. The first kappa shape index (κ1) is 27.8. The number of hydrogen-bond donors (Lipinski definition) is 4.